The van der Waals surface area contributed by atoms with Crippen molar-refractivity contribution in [2.24, 2.45) is 5.92 Å². The molecule has 2 atom stereocenters. The minimum absolute atomic E-state index is 0.528. The third-order valence-corrected chi connectivity index (χ3v) is 5.42. The van der Waals surface area contributed by atoms with Crippen LogP contribution < -0.4 is 5.32 Å². The second-order valence-electron chi connectivity index (χ2n) is 5.91. The van der Waals surface area contributed by atoms with Crippen LogP contribution in [-0.4, -0.2) is 38.6 Å². The number of nitrogens with zero attached hydrogens (tertiary/aromatic N) is 1. The van der Waals surface area contributed by atoms with Crippen LogP contribution in [0.25, 0.3) is 0 Å². The van der Waals surface area contributed by atoms with E-state index >= 15 is 0 Å². The van der Waals surface area contributed by atoms with E-state index in [1.54, 1.807) is 0 Å². The Bertz CT molecular complexity index is 553. The highest BCUT2D eigenvalue weighted by Crippen LogP contribution is 2.47. The van der Waals surface area contributed by atoms with E-state index in [-0.39, 0.29) is 0 Å². The van der Waals surface area contributed by atoms with Crippen LogP contribution in [0.15, 0.2) is 16.5 Å². The van der Waals surface area contributed by atoms with Crippen molar-refractivity contribution in [3.63, 3.8) is 0 Å². The molecule has 0 amide bonds. The topological polar surface area (TPSA) is 62.6 Å². The molecule has 0 bridgehead atoms. The Morgan fingerprint density at radius 1 is 1.43 bits per heavy atom. The van der Waals surface area contributed by atoms with Gasteiger partial charge in [0.2, 0.25) is 10.0 Å². The first-order valence-electron chi connectivity index (χ1n) is 7.66. The molecule has 0 aromatic carbocycles. The third-order valence-electron chi connectivity index (χ3n) is 4.04. The molecule has 0 saturated heterocycles. The van der Waals surface area contributed by atoms with E-state index in [0.29, 0.717) is 25.6 Å². The van der Waals surface area contributed by atoms with Crippen LogP contribution in [0, 0.1) is 5.92 Å². The molecule has 1 aromatic heterocycles. The largest absolute Gasteiger partial charge is 0.464 e. The minimum Gasteiger partial charge on any atom is -0.464 e. The molecular formula is C15H26N2O3S. The lowest BCUT2D eigenvalue weighted by atomic mass is 10.3. The molecule has 5 nitrogen and oxygen atoms in total. The maximum atomic E-state index is 11.4. The number of furan rings is 1. The predicted octanol–water partition coefficient (Wildman–Crippen LogP) is 2.16. The fourth-order valence-electron chi connectivity index (χ4n) is 2.56. The first-order chi connectivity index (χ1) is 9.91. The molecule has 2 unspecified atom stereocenters. The summed E-state index contributed by atoms with van der Waals surface area (Å²) in [5.74, 6) is 3.44. The number of hydrogen-bond acceptors (Lipinski definition) is 4. The van der Waals surface area contributed by atoms with E-state index < -0.39 is 10.0 Å². The highest BCUT2D eigenvalue weighted by molar-refractivity contribution is 7.88. The normalized spacial score (nSPS) is 21.9. The molecule has 1 aliphatic rings. The van der Waals surface area contributed by atoms with Gasteiger partial charge < -0.3 is 9.73 Å². The zero-order chi connectivity index (χ0) is 15.5. The highest BCUT2D eigenvalue weighted by atomic mass is 32.2. The highest BCUT2D eigenvalue weighted by Gasteiger charge is 2.36. The molecular weight excluding hydrogens is 288 g/mol. The SMILES string of the molecule is CCN(CCCNCc1ccc(C2CC2C)o1)S(C)(=O)=O. The van der Waals surface area contributed by atoms with Gasteiger partial charge in [0.1, 0.15) is 11.5 Å². The zero-order valence-corrected chi connectivity index (χ0v) is 13.9. The third kappa shape index (κ3) is 4.83. The van der Waals surface area contributed by atoms with Crippen LogP contribution >= 0.6 is 0 Å². The number of sulfonamides is 1. The first-order valence-corrected chi connectivity index (χ1v) is 9.51. The van der Waals surface area contributed by atoms with Gasteiger partial charge in [0.05, 0.1) is 12.8 Å². The molecule has 1 N–H and O–H groups in total. The van der Waals surface area contributed by atoms with E-state index in [0.717, 1.165) is 30.4 Å². The maximum Gasteiger partial charge on any atom is 0.211 e. The maximum absolute atomic E-state index is 11.4. The van der Waals surface area contributed by atoms with Gasteiger partial charge in [-0.2, -0.15) is 0 Å². The van der Waals surface area contributed by atoms with Crippen molar-refractivity contribution in [3.05, 3.63) is 23.7 Å². The molecule has 0 aliphatic heterocycles. The number of hydrogen-bond donors (Lipinski definition) is 1. The van der Waals surface area contributed by atoms with Crippen molar-refractivity contribution >= 4 is 10.0 Å². The standard InChI is InChI=1S/C15H26N2O3S/c1-4-17(21(3,18)19)9-5-8-16-11-13-6-7-15(20-13)14-10-12(14)2/h6-7,12,14,16H,4-5,8-11H2,1-3H3. The Morgan fingerprint density at radius 3 is 2.71 bits per heavy atom. The molecule has 120 valence electrons. The summed E-state index contributed by atoms with van der Waals surface area (Å²) in [5, 5.41) is 3.30. The van der Waals surface area contributed by atoms with Gasteiger partial charge in [0, 0.05) is 19.0 Å². The van der Waals surface area contributed by atoms with Crippen molar-refractivity contribution in [1.82, 2.24) is 9.62 Å². The molecule has 1 fully saturated rings. The molecule has 1 aliphatic carbocycles. The average Bonchev–Trinajstić information content (AvgIpc) is 2.96. The van der Waals surface area contributed by atoms with Gasteiger partial charge in [-0.25, -0.2) is 12.7 Å². The molecule has 0 spiro atoms. The predicted molar refractivity (Wildman–Crippen MR) is 83.6 cm³/mol. The second kappa shape index (κ2) is 6.94. The summed E-state index contributed by atoms with van der Waals surface area (Å²) in [5.41, 5.74) is 0. The van der Waals surface area contributed by atoms with Crippen molar-refractivity contribution in [2.75, 3.05) is 25.9 Å². The molecule has 1 aromatic rings. The molecule has 2 rings (SSSR count). The van der Waals surface area contributed by atoms with Gasteiger partial charge in [-0.15, -0.1) is 0 Å². The Morgan fingerprint density at radius 2 is 2.14 bits per heavy atom. The minimum atomic E-state index is -3.07. The van der Waals surface area contributed by atoms with Gasteiger partial charge in [0.25, 0.3) is 0 Å². The van der Waals surface area contributed by atoms with Gasteiger partial charge in [-0.3, -0.25) is 0 Å². The average molecular weight is 314 g/mol. The van der Waals surface area contributed by atoms with Crippen molar-refractivity contribution in [1.29, 1.82) is 0 Å². The Hall–Kier alpha value is -0.850. The van der Waals surface area contributed by atoms with Crippen LogP contribution in [0.2, 0.25) is 0 Å². The zero-order valence-electron chi connectivity index (χ0n) is 13.1. The summed E-state index contributed by atoms with van der Waals surface area (Å²) in [6.07, 6.45) is 3.29. The summed E-state index contributed by atoms with van der Waals surface area (Å²) in [6, 6.07) is 4.11. The molecule has 1 heterocycles. The van der Waals surface area contributed by atoms with E-state index in [1.165, 1.54) is 17.0 Å². The molecule has 0 radical (unpaired) electrons. The first kappa shape index (κ1) is 16.5. The summed E-state index contributed by atoms with van der Waals surface area (Å²) in [6.45, 7) is 6.67. The Labute approximate surface area is 127 Å². The molecule has 21 heavy (non-hydrogen) atoms. The van der Waals surface area contributed by atoms with E-state index in [9.17, 15) is 8.42 Å². The van der Waals surface area contributed by atoms with Crippen LogP contribution in [0.1, 0.15) is 44.1 Å². The lowest BCUT2D eigenvalue weighted by Crippen LogP contribution is -2.32. The second-order valence-corrected chi connectivity index (χ2v) is 7.89. The lowest BCUT2D eigenvalue weighted by Gasteiger charge is -2.17. The quantitative estimate of drug-likeness (QED) is 0.710. The van der Waals surface area contributed by atoms with Gasteiger partial charge in [0.15, 0.2) is 0 Å². The summed E-state index contributed by atoms with van der Waals surface area (Å²) in [7, 11) is -3.07. The van der Waals surface area contributed by atoms with E-state index in [2.05, 4.69) is 18.3 Å². The van der Waals surface area contributed by atoms with E-state index in [1.807, 2.05) is 13.0 Å². The molecule has 1 saturated carbocycles. The van der Waals surface area contributed by atoms with Crippen LogP contribution in [0.3, 0.4) is 0 Å². The Kier molecular flexibility index (Phi) is 5.46. The number of nitrogens with one attached hydrogen (secondary N) is 1. The van der Waals surface area contributed by atoms with Crippen LogP contribution in [0.5, 0.6) is 0 Å². The summed E-state index contributed by atoms with van der Waals surface area (Å²) >= 11 is 0. The smallest absolute Gasteiger partial charge is 0.211 e. The summed E-state index contributed by atoms with van der Waals surface area (Å²) in [4.78, 5) is 0. The van der Waals surface area contributed by atoms with Crippen molar-refractivity contribution in [2.45, 2.75) is 39.2 Å². The van der Waals surface area contributed by atoms with E-state index in [4.69, 9.17) is 4.42 Å². The molecule has 6 heteroatoms. The van der Waals surface area contributed by atoms with Crippen LogP contribution in [-0.2, 0) is 16.6 Å². The fraction of sp³-hybridized carbons (Fsp3) is 0.733. The monoisotopic (exact) mass is 314 g/mol. The van der Waals surface area contributed by atoms with Gasteiger partial charge >= 0.3 is 0 Å². The van der Waals surface area contributed by atoms with Crippen molar-refractivity contribution in [3.8, 4) is 0 Å². The lowest BCUT2D eigenvalue weighted by molar-refractivity contribution is 0.409. The summed E-state index contributed by atoms with van der Waals surface area (Å²) < 4.78 is 30.2. The number of rotatable bonds is 9. The van der Waals surface area contributed by atoms with Gasteiger partial charge in [-0.05, 0) is 37.4 Å². The van der Waals surface area contributed by atoms with Gasteiger partial charge in [-0.1, -0.05) is 13.8 Å². The fourth-order valence-corrected chi connectivity index (χ4v) is 3.49. The van der Waals surface area contributed by atoms with Crippen molar-refractivity contribution < 1.29 is 12.8 Å². The Balaban J connectivity index is 1.64. The van der Waals surface area contributed by atoms with Crippen LogP contribution in [0.4, 0.5) is 0 Å².